The highest BCUT2D eigenvalue weighted by molar-refractivity contribution is 6.29. The van der Waals surface area contributed by atoms with Gasteiger partial charge in [-0.15, -0.1) is 0 Å². The molecule has 0 fully saturated rings. The van der Waals surface area contributed by atoms with Gasteiger partial charge in [0, 0.05) is 22.9 Å². The first-order chi connectivity index (χ1) is 18.9. The van der Waals surface area contributed by atoms with E-state index in [2.05, 4.69) is 9.97 Å². The maximum absolute atomic E-state index is 11.3. The summed E-state index contributed by atoms with van der Waals surface area (Å²) in [4.78, 5) is 8.33. The summed E-state index contributed by atoms with van der Waals surface area (Å²) in [5.41, 5.74) is 7.98. The molecule has 0 unspecified atom stereocenters. The van der Waals surface area contributed by atoms with Gasteiger partial charge in [-0.3, -0.25) is 0 Å². The molecule has 0 radical (unpaired) electrons. The number of hydrogen-bond acceptors (Lipinski definition) is 7. The molecule has 3 heterocycles. The number of aromatic nitrogens is 3. The van der Waals surface area contributed by atoms with E-state index in [0.717, 1.165) is 49.2 Å². The van der Waals surface area contributed by atoms with E-state index in [-0.39, 0.29) is 0 Å². The van der Waals surface area contributed by atoms with Crippen molar-refractivity contribution in [3.8, 4) is 17.2 Å². The second-order valence-electron chi connectivity index (χ2n) is 8.25. The first-order valence-electron chi connectivity index (χ1n) is 11.9. The molecule has 0 aliphatic rings. The molecule has 0 bridgehead atoms. The number of nitrogens with zero attached hydrogens (tertiary/aromatic N) is 3. The number of methoxy groups -OCH3 is 3. The molecule has 3 aromatic heterocycles. The van der Waals surface area contributed by atoms with Crippen LogP contribution in [0.25, 0.3) is 32.7 Å². The zero-order valence-corrected chi connectivity index (χ0v) is 22.4. The minimum atomic E-state index is 0.512. The lowest BCUT2D eigenvalue weighted by atomic mass is 10.2. The van der Waals surface area contributed by atoms with Gasteiger partial charge in [0.05, 0.1) is 37.7 Å². The molecule has 0 saturated carbocycles. The van der Waals surface area contributed by atoms with Crippen LogP contribution in [0.5, 0.6) is 17.2 Å². The average Bonchev–Trinajstić information content (AvgIpc) is 2.97. The topological polar surface area (TPSA) is 106 Å². The summed E-state index contributed by atoms with van der Waals surface area (Å²) < 4.78 is 16.1. The molecule has 0 aliphatic heterocycles. The van der Waals surface area contributed by atoms with Crippen molar-refractivity contribution in [1.82, 2.24) is 9.97 Å². The van der Waals surface area contributed by atoms with Crippen LogP contribution >= 0.6 is 11.6 Å². The highest BCUT2D eigenvalue weighted by Gasteiger charge is 2.03. The molecule has 9 heteroatoms. The van der Waals surface area contributed by atoms with E-state index in [1.54, 1.807) is 51.7 Å². The normalized spacial score (nSPS) is 10.3. The van der Waals surface area contributed by atoms with Crippen LogP contribution in [-0.2, 0) is 0 Å². The number of nitrogens with two attached hydrogens (primary N) is 1. The lowest BCUT2D eigenvalue weighted by Crippen LogP contribution is -2.25. The van der Waals surface area contributed by atoms with E-state index in [4.69, 9.17) is 31.5 Å². The molecular formula is C30H27ClN4O4. The standard InChI is InChI=1S/C10H8ClNO.C10H10N2O.C10H9NO2/c2*1-13-8-3-4-9-7(6-8)2-5-10(11)12-9;1-13-9-4-5-10-8(7-9)3-2-6-11(10)12/h2-6H,1H3;2-6H,1H3,(H2,11,12);2-7H,1H3. The molecule has 6 rings (SSSR count). The summed E-state index contributed by atoms with van der Waals surface area (Å²) in [5, 5.41) is 14.7. The lowest BCUT2D eigenvalue weighted by Gasteiger charge is -2.02. The quantitative estimate of drug-likeness (QED) is 0.161. The van der Waals surface area contributed by atoms with Crippen LogP contribution in [0, 0.1) is 5.21 Å². The van der Waals surface area contributed by atoms with E-state index in [1.165, 1.54) is 6.20 Å². The van der Waals surface area contributed by atoms with Gasteiger partial charge >= 0.3 is 0 Å². The van der Waals surface area contributed by atoms with Gasteiger partial charge in [-0.25, -0.2) is 9.97 Å². The van der Waals surface area contributed by atoms with Crippen LogP contribution in [0.2, 0.25) is 5.15 Å². The molecule has 0 atom stereocenters. The molecule has 6 aromatic rings. The number of halogens is 1. The van der Waals surface area contributed by atoms with Gasteiger partial charge in [-0.2, -0.15) is 4.73 Å². The monoisotopic (exact) mass is 542 g/mol. The molecule has 39 heavy (non-hydrogen) atoms. The second-order valence-corrected chi connectivity index (χ2v) is 8.63. The van der Waals surface area contributed by atoms with E-state index in [1.807, 2.05) is 60.7 Å². The predicted molar refractivity (Wildman–Crippen MR) is 155 cm³/mol. The Morgan fingerprint density at radius 2 is 1.21 bits per heavy atom. The Morgan fingerprint density at radius 3 is 1.82 bits per heavy atom. The SMILES string of the molecule is COc1ccc2c(ccc[n+]2[O-])c1.COc1ccc2nc(Cl)ccc2c1.COc1ccc2nc(N)ccc2c1. The molecule has 3 aromatic carbocycles. The number of ether oxygens (including phenoxy) is 3. The summed E-state index contributed by atoms with van der Waals surface area (Å²) in [6.07, 6.45) is 1.48. The molecular weight excluding hydrogens is 516 g/mol. The molecule has 0 amide bonds. The molecule has 8 nitrogen and oxygen atoms in total. The van der Waals surface area contributed by atoms with Crippen LogP contribution in [0.1, 0.15) is 0 Å². The van der Waals surface area contributed by atoms with Crippen molar-refractivity contribution in [3.05, 3.63) is 108 Å². The Hall–Kier alpha value is -4.82. The zero-order chi connectivity index (χ0) is 27.8. The van der Waals surface area contributed by atoms with E-state index in [0.29, 0.717) is 16.5 Å². The first-order valence-corrected chi connectivity index (χ1v) is 12.2. The Bertz CT molecular complexity index is 1640. The number of hydrogen-bond donors (Lipinski definition) is 1. The number of nitrogen functional groups attached to an aromatic ring is 1. The molecule has 0 spiro atoms. The predicted octanol–water partition coefficient (Wildman–Crippen LogP) is 6.20. The number of rotatable bonds is 3. The number of anilines is 1. The first kappa shape index (κ1) is 27.2. The lowest BCUT2D eigenvalue weighted by molar-refractivity contribution is -0.577. The van der Waals surface area contributed by atoms with Gasteiger partial charge in [-0.05, 0) is 78.9 Å². The second kappa shape index (κ2) is 12.6. The minimum absolute atomic E-state index is 0.512. The Labute approximate surface area is 230 Å². The highest BCUT2D eigenvalue weighted by atomic mass is 35.5. The van der Waals surface area contributed by atoms with Crippen molar-refractivity contribution in [3.63, 3.8) is 0 Å². The third kappa shape index (κ3) is 6.94. The summed E-state index contributed by atoms with van der Waals surface area (Å²) in [6.45, 7) is 0. The van der Waals surface area contributed by atoms with Gasteiger partial charge in [-0.1, -0.05) is 11.6 Å². The van der Waals surface area contributed by atoms with Crippen LogP contribution in [-0.4, -0.2) is 31.3 Å². The highest BCUT2D eigenvalue weighted by Crippen LogP contribution is 2.21. The van der Waals surface area contributed by atoms with E-state index < -0.39 is 0 Å². The van der Waals surface area contributed by atoms with Crippen molar-refractivity contribution in [2.24, 2.45) is 0 Å². The van der Waals surface area contributed by atoms with Crippen molar-refractivity contribution in [1.29, 1.82) is 0 Å². The summed E-state index contributed by atoms with van der Waals surface area (Å²) in [7, 11) is 4.89. The summed E-state index contributed by atoms with van der Waals surface area (Å²) >= 11 is 5.75. The van der Waals surface area contributed by atoms with Gasteiger partial charge in [0.2, 0.25) is 5.52 Å². The van der Waals surface area contributed by atoms with Crippen LogP contribution in [0.15, 0.2) is 97.2 Å². The fourth-order valence-corrected chi connectivity index (χ4v) is 3.91. The van der Waals surface area contributed by atoms with Crippen molar-refractivity contribution in [2.75, 3.05) is 27.1 Å². The maximum Gasteiger partial charge on any atom is 0.223 e. The largest absolute Gasteiger partial charge is 0.618 e. The van der Waals surface area contributed by atoms with Crippen molar-refractivity contribution >= 4 is 50.1 Å². The Balaban J connectivity index is 0.000000136. The minimum Gasteiger partial charge on any atom is -0.618 e. The van der Waals surface area contributed by atoms with Gasteiger partial charge in [0.25, 0.3) is 0 Å². The third-order valence-corrected chi connectivity index (χ3v) is 5.96. The van der Waals surface area contributed by atoms with Gasteiger partial charge in [0.1, 0.15) is 28.2 Å². The van der Waals surface area contributed by atoms with Crippen molar-refractivity contribution in [2.45, 2.75) is 0 Å². The fourth-order valence-electron chi connectivity index (χ4n) is 3.75. The van der Waals surface area contributed by atoms with Crippen LogP contribution in [0.3, 0.4) is 0 Å². The summed E-state index contributed by atoms with van der Waals surface area (Å²) in [6, 6.07) is 27.7. The molecule has 0 aliphatic carbocycles. The molecule has 198 valence electrons. The van der Waals surface area contributed by atoms with E-state index >= 15 is 0 Å². The van der Waals surface area contributed by atoms with Crippen LogP contribution in [0.4, 0.5) is 5.82 Å². The number of fused-ring (bicyclic) bond motifs is 3. The average molecular weight is 543 g/mol. The summed E-state index contributed by atoms with van der Waals surface area (Å²) in [5.74, 6) is 2.96. The third-order valence-electron chi connectivity index (χ3n) is 5.75. The van der Waals surface area contributed by atoms with Crippen LogP contribution < -0.4 is 24.7 Å². The number of benzene rings is 3. The smallest absolute Gasteiger partial charge is 0.223 e. The van der Waals surface area contributed by atoms with Crippen molar-refractivity contribution < 1.29 is 18.9 Å². The van der Waals surface area contributed by atoms with E-state index in [9.17, 15) is 5.21 Å². The van der Waals surface area contributed by atoms with Gasteiger partial charge in [0.15, 0.2) is 6.20 Å². The molecule has 2 N–H and O–H groups in total. The molecule has 0 saturated heterocycles. The van der Waals surface area contributed by atoms with Gasteiger partial charge < -0.3 is 25.2 Å². The zero-order valence-electron chi connectivity index (χ0n) is 21.7. The maximum atomic E-state index is 11.3. The number of pyridine rings is 3. The Morgan fingerprint density at radius 1 is 0.667 bits per heavy atom. The Kier molecular flexibility index (Phi) is 8.81. The fraction of sp³-hybridized carbons (Fsp3) is 0.100.